The van der Waals surface area contributed by atoms with Crippen LogP contribution >= 0.6 is 0 Å². The number of nitrogens with one attached hydrogen (secondary N) is 1. The minimum atomic E-state index is -0.936. The summed E-state index contributed by atoms with van der Waals surface area (Å²) in [6.07, 6.45) is 0.0853. The zero-order chi connectivity index (χ0) is 23.1. The maximum Gasteiger partial charge on any atom is 0.257 e. The number of hydrogen-bond donors (Lipinski definition) is 3. The number of likely N-dealkylation sites (N-methyl/N-ethyl adjacent to an activating group) is 1. The summed E-state index contributed by atoms with van der Waals surface area (Å²) >= 11 is 0. The van der Waals surface area contributed by atoms with Crippen molar-refractivity contribution in [3.8, 4) is 5.75 Å². The van der Waals surface area contributed by atoms with Gasteiger partial charge in [-0.15, -0.1) is 0 Å². The molecule has 8 heteroatoms. The van der Waals surface area contributed by atoms with Gasteiger partial charge in [0.25, 0.3) is 5.91 Å². The van der Waals surface area contributed by atoms with Crippen molar-refractivity contribution in [1.82, 2.24) is 15.1 Å². The van der Waals surface area contributed by atoms with Gasteiger partial charge in [0.15, 0.2) is 6.61 Å². The molecule has 1 spiro atoms. The molecule has 1 saturated heterocycles. The molecule has 2 aliphatic heterocycles. The highest BCUT2D eigenvalue weighted by molar-refractivity contribution is 5.78. The van der Waals surface area contributed by atoms with Crippen LogP contribution in [0.15, 0.2) is 24.3 Å². The molecule has 8 nitrogen and oxygen atoms in total. The maximum atomic E-state index is 12.7. The van der Waals surface area contributed by atoms with Gasteiger partial charge in [-0.2, -0.15) is 0 Å². The fraction of sp³-hybridized carbons (Fsp3) is 0.667. The van der Waals surface area contributed by atoms with E-state index < -0.39 is 12.2 Å². The van der Waals surface area contributed by atoms with Gasteiger partial charge in [-0.1, -0.05) is 32.0 Å². The normalized spacial score (nSPS) is 24.2. The Hall–Kier alpha value is -2.16. The molecule has 3 rings (SSSR count). The molecule has 2 amide bonds. The van der Waals surface area contributed by atoms with Crippen LogP contribution in [0.2, 0.25) is 0 Å². The van der Waals surface area contributed by atoms with Gasteiger partial charge in [-0.25, -0.2) is 0 Å². The zero-order valence-corrected chi connectivity index (χ0v) is 19.3. The zero-order valence-electron chi connectivity index (χ0n) is 19.3. The van der Waals surface area contributed by atoms with E-state index >= 15 is 0 Å². The Morgan fingerprint density at radius 2 is 1.88 bits per heavy atom. The second kappa shape index (κ2) is 11.1. The Kier molecular flexibility index (Phi) is 8.51. The number of carbonyl (C=O) groups excluding carboxylic acids is 2. The molecule has 1 aromatic carbocycles. The molecule has 2 atom stereocenters. The lowest BCUT2D eigenvalue weighted by molar-refractivity contribution is -0.136. The summed E-state index contributed by atoms with van der Waals surface area (Å²) in [4.78, 5) is 29.1. The van der Waals surface area contributed by atoms with E-state index in [1.165, 1.54) is 0 Å². The first-order valence-corrected chi connectivity index (χ1v) is 11.7. The Balaban J connectivity index is 1.69. The predicted molar refractivity (Wildman–Crippen MR) is 121 cm³/mol. The highest BCUT2D eigenvalue weighted by Crippen LogP contribution is 2.37. The number of benzene rings is 1. The number of carbonyl (C=O) groups is 2. The summed E-state index contributed by atoms with van der Waals surface area (Å²) in [5.41, 5.74) is 0.388. The molecule has 3 N–H and O–H groups in total. The third-order valence-corrected chi connectivity index (χ3v) is 6.94. The monoisotopic (exact) mass is 447 g/mol. The average Bonchev–Trinajstić information content (AvgIpc) is 2.80. The lowest BCUT2D eigenvalue weighted by Crippen LogP contribution is -2.52. The number of rotatable bonds is 4. The molecule has 2 heterocycles. The van der Waals surface area contributed by atoms with E-state index in [4.69, 9.17) is 4.74 Å². The molecular weight excluding hydrogens is 410 g/mol. The van der Waals surface area contributed by atoms with Crippen molar-refractivity contribution in [2.24, 2.45) is 5.41 Å². The minimum absolute atomic E-state index is 0.0970. The van der Waals surface area contributed by atoms with E-state index in [9.17, 15) is 19.8 Å². The highest BCUT2D eigenvalue weighted by Gasteiger charge is 2.39. The number of likely N-dealkylation sites (tertiary alicyclic amines) is 1. The van der Waals surface area contributed by atoms with Crippen LogP contribution in [0.4, 0.5) is 0 Å². The number of amides is 2. The van der Waals surface area contributed by atoms with E-state index in [0.717, 1.165) is 18.7 Å². The summed E-state index contributed by atoms with van der Waals surface area (Å²) in [5, 5.41) is 24.5. The molecule has 2 aliphatic rings. The summed E-state index contributed by atoms with van der Waals surface area (Å²) in [6, 6.07) is 7.26. The summed E-state index contributed by atoms with van der Waals surface area (Å²) in [7, 11) is 0. The molecular formula is C24H37N3O5. The fourth-order valence-corrected chi connectivity index (χ4v) is 4.66. The Labute approximate surface area is 190 Å². The number of para-hydroxylation sites is 1. The van der Waals surface area contributed by atoms with E-state index in [2.05, 4.69) is 10.2 Å². The lowest BCUT2D eigenvalue weighted by atomic mass is 9.73. The number of nitrogens with zero attached hydrogens (tertiary/aromatic N) is 2. The Morgan fingerprint density at radius 1 is 1.19 bits per heavy atom. The van der Waals surface area contributed by atoms with Gasteiger partial charge in [0.1, 0.15) is 5.75 Å². The van der Waals surface area contributed by atoms with Crippen molar-refractivity contribution in [3.05, 3.63) is 29.8 Å². The Bertz CT molecular complexity index is 775. The van der Waals surface area contributed by atoms with Crippen LogP contribution in [0.3, 0.4) is 0 Å². The maximum absolute atomic E-state index is 12.7. The number of fused-ring (bicyclic) bond motifs is 1. The van der Waals surface area contributed by atoms with Crippen LogP contribution in [0.5, 0.6) is 5.75 Å². The van der Waals surface area contributed by atoms with Crippen LogP contribution in [0.25, 0.3) is 0 Å². The molecule has 1 fully saturated rings. The first-order valence-electron chi connectivity index (χ1n) is 11.7. The Morgan fingerprint density at radius 3 is 2.56 bits per heavy atom. The largest absolute Gasteiger partial charge is 0.483 e. The molecule has 0 aliphatic carbocycles. The van der Waals surface area contributed by atoms with Crippen LogP contribution < -0.4 is 10.1 Å². The smallest absolute Gasteiger partial charge is 0.257 e. The first kappa shape index (κ1) is 24.5. The van der Waals surface area contributed by atoms with Gasteiger partial charge in [-0.05, 0) is 49.4 Å². The number of ether oxygens (including phenoxy) is 1. The van der Waals surface area contributed by atoms with Crippen molar-refractivity contribution in [2.45, 2.75) is 51.7 Å². The van der Waals surface area contributed by atoms with Crippen molar-refractivity contribution in [3.63, 3.8) is 0 Å². The highest BCUT2D eigenvalue weighted by atomic mass is 16.5. The molecule has 1 aromatic rings. The second-order valence-corrected chi connectivity index (χ2v) is 9.06. The van der Waals surface area contributed by atoms with Crippen LogP contribution in [-0.4, -0.2) is 89.9 Å². The lowest BCUT2D eigenvalue weighted by Gasteiger charge is -2.44. The molecule has 0 saturated carbocycles. The van der Waals surface area contributed by atoms with Gasteiger partial charge in [0.05, 0.1) is 18.8 Å². The van der Waals surface area contributed by atoms with E-state index in [0.29, 0.717) is 51.2 Å². The number of piperidine rings is 1. The number of aliphatic hydroxyl groups excluding tert-OH is 2. The van der Waals surface area contributed by atoms with Gasteiger partial charge < -0.3 is 25.2 Å². The van der Waals surface area contributed by atoms with Gasteiger partial charge in [0, 0.05) is 26.1 Å². The summed E-state index contributed by atoms with van der Waals surface area (Å²) < 4.78 is 5.68. The molecule has 178 valence electrons. The molecule has 32 heavy (non-hydrogen) atoms. The second-order valence-electron chi connectivity index (χ2n) is 9.06. The van der Waals surface area contributed by atoms with Crippen molar-refractivity contribution < 1.29 is 24.5 Å². The standard InChI is InChI=1S/C24H37N3O5/c1-3-26(4-2)15-23(31)27-11-9-24(10-12-27)14-20(29)19(28)13-18-7-5-6-8-21(18)32-16-22(30)25-17-24/h5-8,19-20,28-29H,3-4,9-17H2,1-2H3,(H,25,30)/t19-,20+/m0/s1. The molecule has 0 aromatic heterocycles. The minimum Gasteiger partial charge on any atom is -0.483 e. The molecule has 0 radical (unpaired) electrons. The summed E-state index contributed by atoms with van der Waals surface area (Å²) in [5.74, 6) is 0.449. The third-order valence-electron chi connectivity index (χ3n) is 6.94. The average molecular weight is 448 g/mol. The SMILES string of the molecule is CCN(CC)CC(=O)N1CCC2(CC1)CNC(=O)COc1ccccc1C[C@H](O)[C@H](O)C2. The molecule has 0 unspecified atom stereocenters. The van der Waals surface area contributed by atoms with Crippen molar-refractivity contribution in [2.75, 3.05) is 45.9 Å². The van der Waals surface area contributed by atoms with Crippen molar-refractivity contribution in [1.29, 1.82) is 0 Å². The topological polar surface area (TPSA) is 102 Å². The van der Waals surface area contributed by atoms with Gasteiger partial charge in [-0.3, -0.25) is 14.5 Å². The van der Waals surface area contributed by atoms with Crippen LogP contribution in [0.1, 0.15) is 38.7 Å². The first-order chi connectivity index (χ1) is 15.4. The summed E-state index contributed by atoms with van der Waals surface area (Å²) in [6.45, 7) is 7.63. The third kappa shape index (κ3) is 6.21. The van der Waals surface area contributed by atoms with Gasteiger partial charge in [0.2, 0.25) is 5.91 Å². The van der Waals surface area contributed by atoms with Gasteiger partial charge >= 0.3 is 0 Å². The number of hydrogen-bond acceptors (Lipinski definition) is 6. The molecule has 0 bridgehead atoms. The quantitative estimate of drug-likeness (QED) is 0.631. The van der Waals surface area contributed by atoms with Crippen molar-refractivity contribution >= 4 is 11.8 Å². The van der Waals surface area contributed by atoms with E-state index in [1.807, 2.05) is 36.9 Å². The van der Waals surface area contributed by atoms with Crippen LogP contribution in [-0.2, 0) is 16.0 Å². The van der Waals surface area contributed by atoms with Crippen LogP contribution in [0, 0.1) is 5.41 Å². The van der Waals surface area contributed by atoms with E-state index in [1.54, 1.807) is 6.07 Å². The number of aliphatic hydroxyl groups is 2. The van der Waals surface area contributed by atoms with E-state index in [-0.39, 0.29) is 30.3 Å². The fourth-order valence-electron chi connectivity index (χ4n) is 4.66. The predicted octanol–water partition coefficient (Wildman–Crippen LogP) is 0.800.